The Morgan fingerprint density at radius 3 is 2.33 bits per heavy atom. The molecule has 178 valence electrons. The van der Waals surface area contributed by atoms with Crippen LogP contribution in [0.5, 0.6) is 0 Å². The first kappa shape index (κ1) is 23.8. The number of nitrogens with one attached hydrogen (secondary N) is 1. The van der Waals surface area contributed by atoms with Gasteiger partial charge in [0.15, 0.2) is 0 Å². The summed E-state index contributed by atoms with van der Waals surface area (Å²) < 4.78 is 54.2. The van der Waals surface area contributed by atoms with E-state index in [0.29, 0.717) is 25.5 Å². The first-order chi connectivity index (χ1) is 15.9. The van der Waals surface area contributed by atoms with Gasteiger partial charge in [0.25, 0.3) is 0 Å². The summed E-state index contributed by atoms with van der Waals surface area (Å²) in [7, 11) is -4.16. The largest absolute Gasteiger partial charge is 0.354 e. The highest BCUT2D eigenvalue weighted by Crippen LogP contribution is 2.27. The SMILES string of the molecule is O=C(NCC(c1ccccc1)N1CCCC1)C1CCN(S(=O)(=O)c2cc(F)ccc2F)CC1. The molecule has 4 rings (SSSR count). The Labute approximate surface area is 193 Å². The molecule has 0 aromatic heterocycles. The van der Waals surface area contributed by atoms with E-state index in [0.717, 1.165) is 47.9 Å². The third kappa shape index (κ3) is 5.42. The van der Waals surface area contributed by atoms with Crippen molar-refractivity contribution < 1.29 is 22.0 Å². The van der Waals surface area contributed by atoms with Crippen LogP contribution in [-0.4, -0.2) is 56.3 Å². The van der Waals surface area contributed by atoms with E-state index in [1.54, 1.807) is 0 Å². The van der Waals surface area contributed by atoms with Gasteiger partial charge in [0.1, 0.15) is 16.5 Å². The highest BCUT2D eigenvalue weighted by atomic mass is 32.2. The molecule has 2 heterocycles. The van der Waals surface area contributed by atoms with Crippen molar-refractivity contribution in [2.45, 2.75) is 36.6 Å². The molecule has 1 N–H and O–H groups in total. The van der Waals surface area contributed by atoms with Gasteiger partial charge in [-0.05, 0) is 62.5 Å². The molecule has 1 atom stereocenters. The Morgan fingerprint density at radius 1 is 1.00 bits per heavy atom. The Morgan fingerprint density at radius 2 is 1.67 bits per heavy atom. The fraction of sp³-hybridized carbons (Fsp3) is 0.458. The van der Waals surface area contributed by atoms with Crippen molar-refractivity contribution in [2.24, 2.45) is 5.92 Å². The summed E-state index contributed by atoms with van der Waals surface area (Å²) in [5, 5.41) is 3.07. The zero-order valence-electron chi connectivity index (χ0n) is 18.4. The van der Waals surface area contributed by atoms with E-state index in [1.807, 2.05) is 18.2 Å². The van der Waals surface area contributed by atoms with Crippen molar-refractivity contribution in [3.05, 3.63) is 65.7 Å². The molecule has 2 aromatic rings. The quantitative estimate of drug-likeness (QED) is 0.664. The van der Waals surface area contributed by atoms with Crippen molar-refractivity contribution in [3.63, 3.8) is 0 Å². The second-order valence-electron chi connectivity index (χ2n) is 8.67. The number of carbonyl (C=O) groups is 1. The lowest BCUT2D eigenvalue weighted by Gasteiger charge is -2.32. The normalized spacial score (nSPS) is 19.5. The monoisotopic (exact) mass is 477 g/mol. The first-order valence-electron chi connectivity index (χ1n) is 11.4. The predicted octanol–water partition coefficient (Wildman–Crippen LogP) is 3.32. The summed E-state index contributed by atoms with van der Waals surface area (Å²) in [6, 6.07) is 12.6. The molecule has 0 bridgehead atoms. The maximum Gasteiger partial charge on any atom is 0.246 e. The average Bonchev–Trinajstić information content (AvgIpc) is 3.36. The van der Waals surface area contributed by atoms with Crippen LogP contribution in [0.4, 0.5) is 8.78 Å². The first-order valence-corrected chi connectivity index (χ1v) is 12.8. The molecular weight excluding hydrogens is 448 g/mol. The molecule has 2 fully saturated rings. The summed E-state index contributed by atoms with van der Waals surface area (Å²) in [4.78, 5) is 14.6. The van der Waals surface area contributed by atoms with Crippen molar-refractivity contribution in [1.29, 1.82) is 0 Å². The minimum Gasteiger partial charge on any atom is -0.354 e. The lowest BCUT2D eigenvalue weighted by atomic mass is 9.97. The number of halogens is 2. The molecule has 2 aliphatic rings. The van der Waals surface area contributed by atoms with Gasteiger partial charge in [0.2, 0.25) is 15.9 Å². The van der Waals surface area contributed by atoms with Crippen LogP contribution in [0.2, 0.25) is 0 Å². The number of likely N-dealkylation sites (tertiary alicyclic amines) is 1. The average molecular weight is 478 g/mol. The van der Waals surface area contributed by atoms with E-state index in [9.17, 15) is 22.0 Å². The smallest absolute Gasteiger partial charge is 0.246 e. The van der Waals surface area contributed by atoms with Gasteiger partial charge in [-0.3, -0.25) is 9.69 Å². The van der Waals surface area contributed by atoms with Crippen molar-refractivity contribution >= 4 is 15.9 Å². The van der Waals surface area contributed by atoms with Crippen molar-refractivity contribution in [2.75, 3.05) is 32.7 Å². The number of amides is 1. The summed E-state index contributed by atoms with van der Waals surface area (Å²) in [5.74, 6) is -2.20. The van der Waals surface area contributed by atoms with Gasteiger partial charge in [0.05, 0.1) is 6.04 Å². The van der Waals surface area contributed by atoms with E-state index in [2.05, 4.69) is 22.3 Å². The van der Waals surface area contributed by atoms with Crippen LogP contribution < -0.4 is 5.32 Å². The molecule has 0 spiro atoms. The van der Waals surface area contributed by atoms with Crippen LogP contribution in [0.1, 0.15) is 37.3 Å². The Kier molecular flexibility index (Phi) is 7.41. The number of sulfonamides is 1. The van der Waals surface area contributed by atoms with Gasteiger partial charge in [-0.2, -0.15) is 4.31 Å². The highest BCUT2D eigenvalue weighted by Gasteiger charge is 2.34. The number of piperidine rings is 1. The van der Waals surface area contributed by atoms with Crippen molar-refractivity contribution in [1.82, 2.24) is 14.5 Å². The summed E-state index contributed by atoms with van der Waals surface area (Å²) in [5.41, 5.74) is 1.16. The van der Waals surface area contributed by atoms with Gasteiger partial charge in [0, 0.05) is 25.6 Å². The van der Waals surface area contributed by atoms with Gasteiger partial charge in [-0.1, -0.05) is 30.3 Å². The molecule has 2 aliphatic heterocycles. The summed E-state index contributed by atoms with van der Waals surface area (Å²) in [6.45, 7) is 2.68. The minimum absolute atomic E-state index is 0.0879. The maximum absolute atomic E-state index is 14.0. The standard InChI is InChI=1S/C24H29F2N3O3S/c25-20-8-9-21(26)23(16-20)33(31,32)29-14-10-19(11-15-29)24(30)27-17-22(28-12-4-5-13-28)18-6-2-1-3-7-18/h1-3,6-9,16,19,22H,4-5,10-15,17H2,(H,27,30). The van der Waals surface area contributed by atoms with Crippen LogP contribution in [0.15, 0.2) is 53.4 Å². The Balaban J connectivity index is 1.35. The molecule has 9 heteroatoms. The fourth-order valence-corrected chi connectivity index (χ4v) is 6.25. The van der Waals surface area contributed by atoms with E-state index in [4.69, 9.17) is 0 Å². The summed E-state index contributed by atoms with van der Waals surface area (Å²) in [6.07, 6.45) is 2.97. The number of benzene rings is 2. The van der Waals surface area contributed by atoms with Gasteiger partial charge >= 0.3 is 0 Å². The van der Waals surface area contributed by atoms with Crippen LogP contribution in [-0.2, 0) is 14.8 Å². The molecule has 2 aromatic carbocycles. The third-order valence-electron chi connectivity index (χ3n) is 6.57. The van der Waals surface area contributed by atoms with E-state index in [-0.39, 0.29) is 31.0 Å². The zero-order valence-corrected chi connectivity index (χ0v) is 19.2. The van der Waals surface area contributed by atoms with Crippen LogP contribution >= 0.6 is 0 Å². The Hall–Kier alpha value is -2.36. The molecule has 33 heavy (non-hydrogen) atoms. The zero-order chi connectivity index (χ0) is 23.4. The van der Waals surface area contributed by atoms with Gasteiger partial charge < -0.3 is 5.32 Å². The molecule has 2 saturated heterocycles. The number of hydrogen-bond donors (Lipinski definition) is 1. The maximum atomic E-state index is 14.0. The molecule has 1 unspecified atom stereocenters. The van der Waals surface area contributed by atoms with Gasteiger partial charge in [-0.15, -0.1) is 0 Å². The van der Waals surface area contributed by atoms with E-state index < -0.39 is 26.6 Å². The molecule has 6 nitrogen and oxygen atoms in total. The third-order valence-corrected chi connectivity index (χ3v) is 8.48. The molecule has 0 radical (unpaired) electrons. The topological polar surface area (TPSA) is 69.7 Å². The second-order valence-corrected chi connectivity index (χ2v) is 10.6. The molecule has 1 amide bonds. The lowest BCUT2D eigenvalue weighted by molar-refractivity contribution is -0.126. The van der Waals surface area contributed by atoms with Gasteiger partial charge in [-0.25, -0.2) is 17.2 Å². The van der Waals surface area contributed by atoms with Crippen LogP contribution in [0.3, 0.4) is 0 Å². The van der Waals surface area contributed by atoms with E-state index >= 15 is 0 Å². The summed E-state index contributed by atoms with van der Waals surface area (Å²) >= 11 is 0. The number of hydrogen-bond acceptors (Lipinski definition) is 4. The lowest BCUT2D eigenvalue weighted by Crippen LogP contribution is -2.44. The predicted molar refractivity (Wildman–Crippen MR) is 121 cm³/mol. The second kappa shape index (κ2) is 10.3. The minimum atomic E-state index is -4.16. The van der Waals surface area contributed by atoms with E-state index in [1.165, 1.54) is 0 Å². The van der Waals surface area contributed by atoms with Crippen LogP contribution in [0, 0.1) is 17.6 Å². The molecule has 0 saturated carbocycles. The number of nitrogens with zero attached hydrogens (tertiary/aromatic N) is 2. The number of carbonyl (C=O) groups excluding carboxylic acids is 1. The van der Waals surface area contributed by atoms with Crippen LogP contribution in [0.25, 0.3) is 0 Å². The highest BCUT2D eigenvalue weighted by molar-refractivity contribution is 7.89. The fourth-order valence-electron chi connectivity index (χ4n) is 4.70. The number of rotatable bonds is 7. The van der Waals surface area contributed by atoms with Crippen molar-refractivity contribution in [3.8, 4) is 0 Å². The molecule has 0 aliphatic carbocycles. The molecular formula is C24H29F2N3O3S. The Bertz CT molecular complexity index is 1070.